The number of amides is 2. The molecule has 0 spiro atoms. The number of aryl methyl sites for hydroxylation is 1. The van der Waals surface area contributed by atoms with Crippen molar-refractivity contribution >= 4 is 35.5 Å². The first kappa shape index (κ1) is 18.0. The summed E-state index contributed by atoms with van der Waals surface area (Å²) in [7, 11) is 1.60. The maximum atomic E-state index is 12.5. The minimum Gasteiger partial charge on any atom is -0.477 e. The van der Waals surface area contributed by atoms with Crippen molar-refractivity contribution in [2.24, 2.45) is 7.05 Å². The number of thioether (sulfide) groups is 1. The lowest BCUT2D eigenvalue weighted by atomic mass is 10.0. The number of carboxylic acid groups (broad SMARTS) is 1. The van der Waals surface area contributed by atoms with E-state index in [0.29, 0.717) is 11.3 Å². The van der Waals surface area contributed by atoms with Gasteiger partial charge in [-0.3, -0.25) is 24.0 Å². The van der Waals surface area contributed by atoms with Crippen LogP contribution in [0.25, 0.3) is 0 Å². The van der Waals surface area contributed by atoms with Gasteiger partial charge in [0.25, 0.3) is 11.8 Å². The summed E-state index contributed by atoms with van der Waals surface area (Å²) in [5.74, 6) is -2.51. The summed E-state index contributed by atoms with van der Waals surface area (Å²) in [5.41, 5.74) is 0.450. The smallest absolute Gasteiger partial charge is 0.352 e. The lowest BCUT2D eigenvalue weighted by molar-refractivity contribution is -0.149. The van der Waals surface area contributed by atoms with Crippen molar-refractivity contribution in [3.8, 4) is 0 Å². The van der Waals surface area contributed by atoms with Crippen LogP contribution in [0.4, 0.5) is 0 Å². The number of aromatic nitrogens is 2. The minimum absolute atomic E-state index is 0.188. The normalized spacial score (nSPS) is 21.8. The third-order valence-corrected chi connectivity index (χ3v) is 5.38. The van der Waals surface area contributed by atoms with E-state index >= 15 is 0 Å². The fraction of sp³-hybridized carbons (Fsp3) is 0.400. The molecule has 1 aromatic heterocycles. The van der Waals surface area contributed by atoms with Gasteiger partial charge in [-0.1, -0.05) is 0 Å². The van der Waals surface area contributed by atoms with E-state index in [2.05, 4.69) is 10.4 Å². The third kappa shape index (κ3) is 3.05. The van der Waals surface area contributed by atoms with E-state index in [4.69, 9.17) is 4.74 Å². The highest BCUT2D eigenvalue weighted by atomic mass is 32.2. The van der Waals surface area contributed by atoms with Gasteiger partial charge in [0.2, 0.25) is 0 Å². The van der Waals surface area contributed by atoms with Gasteiger partial charge in [0.1, 0.15) is 29.4 Å². The summed E-state index contributed by atoms with van der Waals surface area (Å²) in [4.78, 5) is 48.4. The number of esters is 1. The van der Waals surface area contributed by atoms with E-state index in [9.17, 15) is 24.3 Å². The van der Waals surface area contributed by atoms with E-state index < -0.39 is 35.2 Å². The highest BCUT2D eigenvalue weighted by Gasteiger charge is 2.54. The molecule has 2 atom stereocenters. The Kier molecular flexibility index (Phi) is 4.72. The molecule has 10 nitrogen and oxygen atoms in total. The molecule has 2 amide bonds. The van der Waals surface area contributed by atoms with Crippen molar-refractivity contribution in [2.45, 2.75) is 18.3 Å². The van der Waals surface area contributed by atoms with Gasteiger partial charge < -0.3 is 15.2 Å². The van der Waals surface area contributed by atoms with Crippen LogP contribution in [-0.2, 0) is 26.2 Å². The van der Waals surface area contributed by atoms with Gasteiger partial charge in [-0.05, 0) is 6.07 Å². The molecule has 0 aliphatic carbocycles. The largest absolute Gasteiger partial charge is 0.477 e. The van der Waals surface area contributed by atoms with Gasteiger partial charge in [-0.2, -0.15) is 5.10 Å². The maximum absolute atomic E-state index is 12.5. The number of hydrogen-bond acceptors (Lipinski definition) is 7. The Morgan fingerprint density at radius 1 is 1.46 bits per heavy atom. The highest BCUT2D eigenvalue weighted by molar-refractivity contribution is 8.00. The molecular weight excluding hydrogens is 364 g/mol. The first-order valence-corrected chi connectivity index (χ1v) is 8.68. The number of ether oxygens (including phenoxy) is 1. The number of β-lactam (4-membered cyclic amide) rings is 1. The van der Waals surface area contributed by atoms with E-state index in [1.807, 2.05) is 0 Å². The van der Waals surface area contributed by atoms with Crippen LogP contribution >= 0.6 is 11.8 Å². The Labute approximate surface area is 152 Å². The molecule has 26 heavy (non-hydrogen) atoms. The quantitative estimate of drug-likeness (QED) is 0.508. The van der Waals surface area contributed by atoms with Gasteiger partial charge in [-0.25, -0.2) is 4.79 Å². The molecule has 2 aliphatic rings. The van der Waals surface area contributed by atoms with Gasteiger partial charge in [0, 0.05) is 31.5 Å². The molecule has 2 unspecified atom stereocenters. The molecule has 138 valence electrons. The van der Waals surface area contributed by atoms with Crippen molar-refractivity contribution in [3.63, 3.8) is 0 Å². The van der Waals surface area contributed by atoms with E-state index in [0.717, 1.165) is 4.90 Å². The number of carbonyl (C=O) groups is 4. The van der Waals surface area contributed by atoms with Crippen LogP contribution in [-0.4, -0.2) is 67.3 Å². The minimum atomic E-state index is -1.28. The second-order valence-corrected chi connectivity index (χ2v) is 6.84. The summed E-state index contributed by atoms with van der Waals surface area (Å²) in [6, 6.07) is 0.691. The SMILES string of the molecule is CC(=O)OCC1=C(C(=O)O)N2C(=O)C(NC(=O)c3ccnn3C)C2SC1. The zero-order valence-electron chi connectivity index (χ0n) is 14.0. The lowest BCUT2D eigenvalue weighted by Gasteiger charge is -2.49. The van der Waals surface area contributed by atoms with Gasteiger partial charge in [0.05, 0.1) is 0 Å². The summed E-state index contributed by atoms with van der Waals surface area (Å²) >= 11 is 1.30. The zero-order chi connectivity index (χ0) is 19.0. The molecule has 2 aliphatic heterocycles. The first-order valence-electron chi connectivity index (χ1n) is 7.63. The molecule has 3 heterocycles. The summed E-state index contributed by atoms with van der Waals surface area (Å²) in [6.45, 7) is 1.03. The molecule has 1 saturated heterocycles. The number of aliphatic carboxylic acids is 1. The van der Waals surface area contributed by atoms with E-state index in [1.54, 1.807) is 7.05 Å². The van der Waals surface area contributed by atoms with Gasteiger partial charge in [-0.15, -0.1) is 11.8 Å². The highest BCUT2D eigenvalue weighted by Crippen LogP contribution is 2.40. The van der Waals surface area contributed by atoms with Crippen LogP contribution in [0.5, 0.6) is 0 Å². The average Bonchev–Trinajstić information content (AvgIpc) is 3.02. The molecule has 0 radical (unpaired) electrons. The predicted octanol–water partition coefficient (Wildman–Crippen LogP) is -0.665. The Morgan fingerprint density at radius 2 is 2.19 bits per heavy atom. The van der Waals surface area contributed by atoms with Gasteiger partial charge in [0.15, 0.2) is 0 Å². The van der Waals surface area contributed by atoms with Gasteiger partial charge >= 0.3 is 11.9 Å². The topological polar surface area (TPSA) is 131 Å². The lowest BCUT2D eigenvalue weighted by Crippen LogP contribution is -2.70. The fourth-order valence-electron chi connectivity index (χ4n) is 2.79. The fourth-order valence-corrected chi connectivity index (χ4v) is 4.12. The number of nitrogens with zero attached hydrogens (tertiary/aromatic N) is 3. The third-order valence-electron chi connectivity index (χ3n) is 4.04. The van der Waals surface area contributed by atoms with Crippen molar-refractivity contribution in [2.75, 3.05) is 12.4 Å². The average molecular weight is 380 g/mol. The Hall–Kier alpha value is -2.82. The summed E-state index contributed by atoms with van der Waals surface area (Å²) < 4.78 is 6.25. The van der Waals surface area contributed by atoms with E-state index in [-0.39, 0.29) is 18.1 Å². The molecule has 0 aromatic carbocycles. The van der Waals surface area contributed by atoms with Crippen molar-refractivity contribution in [1.82, 2.24) is 20.0 Å². The van der Waals surface area contributed by atoms with E-state index in [1.165, 1.54) is 35.6 Å². The van der Waals surface area contributed by atoms with Crippen LogP contribution in [0.1, 0.15) is 17.4 Å². The molecule has 3 rings (SSSR count). The Balaban J connectivity index is 1.77. The summed E-state index contributed by atoms with van der Waals surface area (Å²) in [5, 5.41) is 15.5. The molecule has 1 fully saturated rings. The predicted molar refractivity (Wildman–Crippen MR) is 88.8 cm³/mol. The standard InChI is InChI=1S/C15H16N4O6S/c1-7(20)25-5-8-6-26-14-10(13(22)19(14)11(8)15(23)24)17-12(21)9-3-4-16-18(9)2/h3-4,10,14H,5-6H2,1-2H3,(H,17,21)(H,23,24). The van der Waals surface area contributed by atoms with Crippen LogP contribution in [0, 0.1) is 0 Å². The molecule has 2 N–H and O–H groups in total. The Bertz CT molecular complexity index is 832. The maximum Gasteiger partial charge on any atom is 0.352 e. The number of fused-ring (bicyclic) bond motifs is 1. The monoisotopic (exact) mass is 380 g/mol. The molecule has 11 heteroatoms. The summed E-state index contributed by atoms with van der Waals surface area (Å²) in [6.07, 6.45) is 1.46. The first-order chi connectivity index (χ1) is 12.3. The zero-order valence-corrected chi connectivity index (χ0v) is 14.8. The van der Waals surface area contributed by atoms with Crippen LogP contribution in [0.3, 0.4) is 0 Å². The second-order valence-electron chi connectivity index (χ2n) is 5.74. The van der Waals surface area contributed by atoms with Crippen LogP contribution in [0.2, 0.25) is 0 Å². The molecule has 0 saturated carbocycles. The van der Waals surface area contributed by atoms with Crippen LogP contribution in [0.15, 0.2) is 23.5 Å². The van der Waals surface area contributed by atoms with Crippen molar-refractivity contribution in [3.05, 3.63) is 29.2 Å². The number of nitrogens with one attached hydrogen (secondary N) is 1. The van der Waals surface area contributed by atoms with Crippen LogP contribution < -0.4 is 5.32 Å². The molecule has 1 aromatic rings. The number of carboxylic acids is 1. The molecular formula is C15H16N4O6S. The number of hydrogen-bond donors (Lipinski definition) is 2. The molecule has 0 bridgehead atoms. The Morgan fingerprint density at radius 3 is 2.77 bits per heavy atom. The second kappa shape index (κ2) is 6.83. The van der Waals surface area contributed by atoms with Crippen molar-refractivity contribution in [1.29, 1.82) is 0 Å². The van der Waals surface area contributed by atoms with Crippen molar-refractivity contribution < 1.29 is 29.0 Å². The number of carbonyl (C=O) groups excluding carboxylic acids is 3. The number of rotatable bonds is 5.